The molecule has 412 valence electrons. The predicted molar refractivity (Wildman–Crippen MR) is 311 cm³/mol. The van der Waals surface area contributed by atoms with Crippen molar-refractivity contribution in [1.82, 2.24) is 0 Å². The van der Waals surface area contributed by atoms with Crippen LogP contribution in [0, 0.1) is 0 Å². The monoisotopic (exact) mass is 1000 g/mol. The average Bonchev–Trinajstić information content (AvgIpc) is 3.38. The van der Waals surface area contributed by atoms with E-state index in [1.807, 2.05) is 0 Å². The van der Waals surface area contributed by atoms with E-state index in [-0.39, 0.29) is 31.1 Å². The largest absolute Gasteiger partial charge is 0.462 e. The summed E-state index contributed by atoms with van der Waals surface area (Å²) in [7, 11) is 0. The zero-order valence-electron chi connectivity index (χ0n) is 47.2. The molecular weight excluding hydrogens is 889 g/mol. The van der Waals surface area contributed by atoms with Gasteiger partial charge < -0.3 is 14.2 Å². The number of carbonyl (C=O) groups excluding carboxylic acids is 3. The van der Waals surface area contributed by atoms with E-state index in [0.29, 0.717) is 19.3 Å². The summed E-state index contributed by atoms with van der Waals surface area (Å²) in [6.45, 7) is 6.48. The molecule has 0 spiro atoms. The van der Waals surface area contributed by atoms with E-state index in [2.05, 4.69) is 118 Å². The highest BCUT2D eigenvalue weighted by Gasteiger charge is 2.19. The summed E-state index contributed by atoms with van der Waals surface area (Å²) in [5.41, 5.74) is 0. The molecule has 0 aromatic carbocycles. The summed E-state index contributed by atoms with van der Waals surface area (Å²) in [5, 5.41) is 0. The van der Waals surface area contributed by atoms with Gasteiger partial charge in [-0.15, -0.1) is 0 Å². The molecule has 0 aromatic rings. The number of carbonyl (C=O) groups is 3. The van der Waals surface area contributed by atoms with Crippen LogP contribution in [0.25, 0.3) is 0 Å². The second kappa shape index (κ2) is 59.9. The van der Waals surface area contributed by atoms with Crippen LogP contribution in [-0.2, 0) is 28.6 Å². The normalized spacial score (nSPS) is 12.8. The third kappa shape index (κ3) is 57.2. The molecule has 1 atom stereocenters. The van der Waals surface area contributed by atoms with Crippen LogP contribution in [-0.4, -0.2) is 37.2 Å². The first-order valence-electron chi connectivity index (χ1n) is 30.2. The molecule has 0 rings (SSSR count). The Labute approximate surface area is 445 Å². The zero-order valence-corrected chi connectivity index (χ0v) is 47.2. The number of allylic oxidation sites excluding steroid dienone is 16. The van der Waals surface area contributed by atoms with Crippen LogP contribution < -0.4 is 0 Å². The van der Waals surface area contributed by atoms with Crippen molar-refractivity contribution in [2.45, 2.75) is 290 Å². The molecule has 0 aromatic heterocycles. The third-order valence-electron chi connectivity index (χ3n) is 12.8. The van der Waals surface area contributed by atoms with Crippen LogP contribution in [0.1, 0.15) is 284 Å². The average molecular weight is 1000 g/mol. The van der Waals surface area contributed by atoms with E-state index in [1.54, 1.807) is 0 Å². The Bertz CT molecular complexity index is 1430. The van der Waals surface area contributed by atoms with Gasteiger partial charge in [-0.1, -0.05) is 266 Å². The van der Waals surface area contributed by atoms with Crippen LogP contribution in [0.4, 0.5) is 0 Å². The summed E-state index contributed by atoms with van der Waals surface area (Å²) in [4.78, 5) is 38.1. The maximum atomic E-state index is 12.8. The molecule has 0 N–H and O–H groups in total. The topological polar surface area (TPSA) is 78.9 Å². The molecule has 0 saturated heterocycles. The maximum absolute atomic E-state index is 12.8. The van der Waals surface area contributed by atoms with Crippen LogP contribution in [0.2, 0.25) is 0 Å². The lowest BCUT2D eigenvalue weighted by Crippen LogP contribution is -2.30. The van der Waals surface area contributed by atoms with E-state index < -0.39 is 6.10 Å². The highest BCUT2D eigenvalue weighted by molar-refractivity contribution is 5.71. The van der Waals surface area contributed by atoms with Crippen LogP contribution in [0.15, 0.2) is 97.2 Å². The molecule has 0 fully saturated rings. The molecule has 0 heterocycles. The molecule has 6 heteroatoms. The van der Waals surface area contributed by atoms with Gasteiger partial charge in [0.1, 0.15) is 13.2 Å². The molecule has 0 aliphatic heterocycles. The molecule has 0 aliphatic rings. The van der Waals surface area contributed by atoms with Crippen molar-refractivity contribution in [3.63, 3.8) is 0 Å². The van der Waals surface area contributed by atoms with Gasteiger partial charge in [0.25, 0.3) is 0 Å². The summed E-state index contributed by atoms with van der Waals surface area (Å²) in [5.74, 6) is -0.897. The van der Waals surface area contributed by atoms with Crippen molar-refractivity contribution in [3.8, 4) is 0 Å². The molecule has 72 heavy (non-hydrogen) atoms. The lowest BCUT2D eigenvalue weighted by Gasteiger charge is -2.18. The second-order valence-corrected chi connectivity index (χ2v) is 19.9. The Morgan fingerprint density at radius 3 is 0.903 bits per heavy atom. The second-order valence-electron chi connectivity index (χ2n) is 19.9. The van der Waals surface area contributed by atoms with Gasteiger partial charge in [-0.3, -0.25) is 14.4 Å². The number of esters is 3. The van der Waals surface area contributed by atoms with E-state index in [0.717, 1.165) is 116 Å². The zero-order chi connectivity index (χ0) is 52.2. The van der Waals surface area contributed by atoms with Gasteiger partial charge in [0, 0.05) is 19.3 Å². The minimum atomic E-state index is -0.783. The molecule has 0 aliphatic carbocycles. The van der Waals surface area contributed by atoms with E-state index >= 15 is 0 Å². The molecule has 0 bridgehead atoms. The Morgan fingerprint density at radius 1 is 0.292 bits per heavy atom. The van der Waals surface area contributed by atoms with Crippen molar-refractivity contribution in [2.24, 2.45) is 0 Å². The van der Waals surface area contributed by atoms with Crippen molar-refractivity contribution in [3.05, 3.63) is 97.2 Å². The molecule has 6 nitrogen and oxygen atoms in total. The lowest BCUT2D eigenvalue weighted by molar-refractivity contribution is -0.167. The Hall–Kier alpha value is -3.67. The standard InChI is InChI=1S/C66H112O6/c1-4-7-10-13-16-19-22-24-26-27-28-29-30-31-32-33-34-35-36-37-38-39-40-42-44-47-50-53-56-59-65(68)71-62-63(61-70-64(67)58-55-52-49-46-43-21-18-15-12-9-6-3)72-66(69)60-57-54-51-48-45-41-25-23-20-17-14-11-8-5-2/h7,10,15-16,18-19,24,26,28-29,31-32,34-35,37-38,63H,4-6,8-9,11-14,17,20-23,25,27,30,33,36,39-62H2,1-3H3/b10-7-,18-15-,19-16-,26-24-,29-28-,32-31-,35-34-,38-37-. The molecule has 0 saturated carbocycles. The SMILES string of the molecule is CC/C=C\C/C=C\C/C=C\C/C=C\C/C=C\C/C=C\C/C=C\CCCCCCCCCC(=O)OCC(COC(=O)CCCCCCC/C=C\CCCC)OC(=O)CCCCCCCCCCCCCCCC. The third-order valence-corrected chi connectivity index (χ3v) is 12.8. The molecule has 0 radical (unpaired) electrons. The number of ether oxygens (including phenoxy) is 3. The van der Waals surface area contributed by atoms with Crippen LogP contribution in [0.3, 0.4) is 0 Å². The van der Waals surface area contributed by atoms with Crippen LogP contribution >= 0.6 is 0 Å². The fourth-order valence-electron chi connectivity index (χ4n) is 8.29. The van der Waals surface area contributed by atoms with Crippen molar-refractivity contribution in [2.75, 3.05) is 13.2 Å². The maximum Gasteiger partial charge on any atom is 0.306 e. The highest BCUT2D eigenvalue weighted by Crippen LogP contribution is 2.16. The van der Waals surface area contributed by atoms with Gasteiger partial charge in [0.2, 0.25) is 0 Å². The Kier molecular flexibility index (Phi) is 56.8. The van der Waals surface area contributed by atoms with Crippen molar-refractivity contribution >= 4 is 17.9 Å². The fraction of sp³-hybridized carbons (Fsp3) is 0.712. The molecular formula is C66H112O6. The Balaban J connectivity index is 4.27. The number of hydrogen-bond donors (Lipinski definition) is 0. The fourth-order valence-corrected chi connectivity index (χ4v) is 8.29. The molecule has 0 amide bonds. The number of hydrogen-bond acceptors (Lipinski definition) is 6. The van der Waals surface area contributed by atoms with Crippen molar-refractivity contribution in [1.29, 1.82) is 0 Å². The first kappa shape index (κ1) is 68.3. The van der Waals surface area contributed by atoms with Gasteiger partial charge in [0.05, 0.1) is 0 Å². The van der Waals surface area contributed by atoms with E-state index in [1.165, 1.54) is 128 Å². The molecule has 1 unspecified atom stereocenters. The van der Waals surface area contributed by atoms with Gasteiger partial charge >= 0.3 is 17.9 Å². The highest BCUT2D eigenvalue weighted by atomic mass is 16.6. The summed E-state index contributed by atoms with van der Waals surface area (Å²) in [6, 6.07) is 0. The van der Waals surface area contributed by atoms with Gasteiger partial charge in [-0.25, -0.2) is 0 Å². The quantitative estimate of drug-likeness (QED) is 0.0261. The summed E-state index contributed by atoms with van der Waals surface area (Å²) >= 11 is 0. The first-order valence-corrected chi connectivity index (χ1v) is 30.2. The van der Waals surface area contributed by atoms with Crippen molar-refractivity contribution < 1.29 is 28.6 Å². The number of rotatable bonds is 54. The van der Waals surface area contributed by atoms with Gasteiger partial charge in [-0.05, 0) is 96.3 Å². The van der Waals surface area contributed by atoms with Gasteiger partial charge in [-0.2, -0.15) is 0 Å². The lowest BCUT2D eigenvalue weighted by atomic mass is 10.0. The summed E-state index contributed by atoms with van der Waals surface area (Å²) in [6.07, 6.45) is 79.8. The van der Waals surface area contributed by atoms with E-state index in [4.69, 9.17) is 14.2 Å². The van der Waals surface area contributed by atoms with Crippen LogP contribution in [0.5, 0.6) is 0 Å². The minimum absolute atomic E-state index is 0.0831. The first-order chi connectivity index (χ1) is 35.5. The van der Waals surface area contributed by atoms with Gasteiger partial charge in [0.15, 0.2) is 6.10 Å². The van der Waals surface area contributed by atoms with E-state index in [9.17, 15) is 14.4 Å². The Morgan fingerprint density at radius 2 is 0.556 bits per heavy atom. The predicted octanol–water partition coefficient (Wildman–Crippen LogP) is 20.5. The number of unbranched alkanes of at least 4 members (excludes halogenated alkanes) is 27. The summed E-state index contributed by atoms with van der Waals surface area (Å²) < 4.78 is 16.8. The smallest absolute Gasteiger partial charge is 0.306 e. The minimum Gasteiger partial charge on any atom is -0.462 e.